The summed E-state index contributed by atoms with van der Waals surface area (Å²) in [7, 11) is -1.99. The van der Waals surface area contributed by atoms with E-state index in [0.717, 1.165) is 29.6 Å². The molecule has 0 aliphatic heterocycles. The van der Waals surface area contributed by atoms with Crippen molar-refractivity contribution < 1.29 is 13.2 Å². The summed E-state index contributed by atoms with van der Waals surface area (Å²) in [6.45, 7) is 3.34. The molecule has 6 nitrogen and oxygen atoms in total. The van der Waals surface area contributed by atoms with Crippen LogP contribution in [0.3, 0.4) is 0 Å². The van der Waals surface area contributed by atoms with Crippen LogP contribution in [0.4, 0.5) is 0 Å². The Balaban J connectivity index is 1.72. The molecule has 1 aromatic carbocycles. The van der Waals surface area contributed by atoms with Gasteiger partial charge in [0.1, 0.15) is 11.4 Å². The highest BCUT2D eigenvalue weighted by molar-refractivity contribution is 7.89. The number of ether oxygens (including phenoxy) is 1. The molecule has 0 amide bonds. The Hall–Kier alpha value is -2.38. The van der Waals surface area contributed by atoms with Gasteiger partial charge in [0.25, 0.3) is 0 Å². The van der Waals surface area contributed by atoms with Crippen LogP contribution < -0.4 is 9.46 Å². The minimum absolute atomic E-state index is 0.230. The quantitative estimate of drug-likeness (QED) is 0.659. The number of rotatable bonds is 8. The van der Waals surface area contributed by atoms with Crippen molar-refractivity contribution in [3.8, 4) is 5.75 Å². The molecule has 138 valence electrons. The van der Waals surface area contributed by atoms with Gasteiger partial charge in [0.2, 0.25) is 10.0 Å². The average molecular weight is 373 g/mol. The third kappa shape index (κ3) is 3.89. The van der Waals surface area contributed by atoms with E-state index in [-0.39, 0.29) is 4.90 Å². The van der Waals surface area contributed by atoms with Crippen LogP contribution >= 0.6 is 0 Å². The lowest BCUT2D eigenvalue weighted by molar-refractivity contribution is 0.414. The lowest BCUT2D eigenvalue weighted by Crippen LogP contribution is -2.25. The van der Waals surface area contributed by atoms with Crippen molar-refractivity contribution in [3.63, 3.8) is 0 Å². The van der Waals surface area contributed by atoms with Gasteiger partial charge in [-0.1, -0.05) is 6.92 Å². The first-order valence-corrected chi connectivity index (χ1v) is 10.1. The van der Waals surface area contributed by atoms with E-state index in [4.69, 9.17) is 4.74 Å². The summed E-state index contributed by atoms with van der Waals surface area (Å²) in [5.41, 5.74) is 2.04. The van der Waals surface area contributed by atoms with Crippen molar-refractivity contribution in [2.45, 2.75) is 31.2 Å². The predicted molar refractivity (Wildman–Crippen MR) is 102 cm³/mol. The molecule has 0 spiro atoms. The highest BCUT2D eigenvalue weighted by Crippen LogP contribution is 2.20. The summed E-state index contributed by atoms with van der Waals surface area (Å²) in [5, 5.41) is 1.07. The summed E-state index contributed by atoms with van der Waals surface area (Å²) in [6, 6.07) is 10.3. The second-order valence-electron chi connectivity index (χ2n) is 6.05. The molecule has 0 aliphatic carbocycles. The fraction of sp³-hybridized carbons (Fsp3) is 0.316. The maximum absolute atomic E-state index is 12.4. The Morgan fingerprint density at radius 3 is 2.65 bits per heavy atom. The normalized spacial score (nSPS) is 11.8. The van der Waals surface area contributed by atoms with Crippen molar-refractivity contribution in [1.29, 1.82) is 0 Å². The molecule has 7 heteroatoms. The first-order valence-electron chi connectivity index (χ1n) is 8.61. The van der Waals surface area contributed by atoms with Gasteiger partial charge in [-0.15, -0.1) is 0 Å². The van der Waals surface area contributed by atoms with Crippen molar-refractivity contribution >= 4 is 21.1 Å². The van der Waals surface area contributed by atoms with Crippen molar-refractivity contribution in [3.05, 3.63) is 54.4 Å². The van der Waals surface area contributed by atoms with E-state index in [9.17, 15) is 8.42 Å². The maximum atomic E-state index is 12.4. The summed E-state index contributed by atoms with van der Waals surface area (Å²) in [4.78, 5) is 4.68. The summed E-state index contributed by atoms with van der Waals surface area (Å²) in [5.74, 6) is 0.625. The zero-order valence-corrected chi connectivity index (χ0v) is 15.8. The van der Waals surface area contributed by atoms with Crippen molar-refractivity contribution in [2.24, 2.45) is 0 Å². The fourth-order valence-electron chi connectivity index (χ4n) is 2.96. The SMILES string of the molecule is CCCn1cc(CCNS(=O)(=O)c2ccc(OC)cc2)c2cccnc21. The van der Waals surface area contributed by atoms with Crippen LogP contribution in [0.2, 0.25) is 0 Å². The van der Waals surface area contributed by atoms with E-state index in [1.807, 2.05) is 12.1 Å². The molecule has 2 aromatic heterocycles. The smallest absolute Gasteiger partial charge is 0.240 e. The van der Waals surface area contributed by atoms with Gasteiger partial charge in [-0.05, 0) is 54.8 Å². The van der Waals surface area contributed by atoms with E-state index in [1.54, 1.807) is 25.4 Å². The van der Waals surface area contributed by atoms with Crippen molar-refractivity contribution in [2.75, 3.05) is 13.7 Å². The zero-order valence-electron chi connectivity index (χ0n) is 15.0. The van der Waals surface area contributed by atoms with Crippen LogP contribution in [0, 0.1) is 0 Å². The van der Waals surface area contributed by atoms with Crippen LogP contribution in [-0.4, -0.2) is 31.6 Å². The Morgan fingerprint density at radius 1 is 1.19 bits per heavy atom. The second-order valence-corrected chi connectivity index (χ2v) is 7.81. The molecular weight excluding hydrogens is 350 g/mol. The predicted octanol–water partition coefficient (Wildman–Crippen LogP) is 2.98. The number of nitrogens with one attached hydrogen (secondary N) is 1. The van der Waals surface area contributed by atoms with Gasteiger partial charge < -0.3 is 9.30 Å². The van der Waals surface area contributed by atoms with Crippen LogP contribution in [0.15, 0.2) is 53.7 Å². The number of methoxy groups -OCH3 is 1. The van der Waals surface area contributed by atoms with E-state index in [1.165, 1.54) is 12.1 Å². The van der Waals surface area contributed by atoms with Crippen LogP contribution in [0.25, 0.3) is 11.0 Å². The highest BCUT2D eigenvalue weighted by Gasteiger charge is 2.14. The first kappa shape index (κ1) is 18.4. The summed E-state index contributed by atoms with van der Waals surface area (Å²) in [6.07, 6.45) is 5.48. The summed E-state index contributed by atoms with van der Waals surface area (Å²) < 4.78 is 34.7. The first-order chi connectivity index (χ1) is 12.5. The Morgan fingerprint density at radius 2 is 1.96 bits per heavy atom. The Kier molecular flexibility index (Phi) is 5.58. The van der Waals surface area contributed by atoms with Gasteiger partial charge in [-0.2, -0.15) is 0 Å². The lowest BCUT2D eigenvalue weighted by atomic mass is 10.2. The van der Waals surface area contributed by atoms with Gasteiger partial charge >= 0.3 is 0 Å². The molecule has 0 saturated heterocycles. The van der Waals surface area contributed by atoms with E-state index >= 15 is 0 Å². The number of fused-ring (bicyclic) bond motifs is 1. The monoisotopic (exact) mass is 373 g/mol. The van der Waals surface area contributed by atoms with Crippen LogP contribution in [-0.2, 0) is 23.0 Å². The number of hydrogen-bond acceptors (Lipinski definition) is 4. The minimum atomic E-state index is -3.54. The molecule has 3 rings (SSSR count). The van der Waals surface area contributed by atoms with Crippen molar-refractivity contribution in [1.82, 2.24) is 14.3 Å². The number of pyridine rings is 1. The molecule has 0 bridgehead atoms. The zero-order chi connectivity index (χ0) is 18.6. The molecule has 3 aromatic rings. The number of aryl methyl sites for hydroxylation is 1. The molecule has 26 heavy (non-hydrogen) atoms. The van der Waals surface area contributed by atoms with Gasteiger partial charge in [0.05, 0.1) is 12.0 Å². The minimum Gasteiger partial charge on any atom is -0.497 e. The molecule has 1 N–H and O–H groups in total. The van der Waals surface area contributed by atoms with Crippen LogP contribution in [0.5, 0.6) is 5.75 Å². The largest absolute Gasteiger partial charge is 0.497 e. The number of hydrogen-bond donors (Lipinski definition) is 1. The summed E-state index contributed by atoms with van der Waals surface area (Å²) >= 11 is 0. The third-order valence-electron chi connectivity index (χ3n) is 4.24. The van der Waals surface area contributed by atoms with Gasteiger partial charge in [0.15, 0.2) is 0 Å². The molecule has 2 heterocycles. The number of aromatic nitrogens is 2. The van der Waals surface area contributed by atoms with Gasteiger partial charge in [-0.25, -0.2) is 18.1 Å². The molecular formula is C19H23N3O3S. The molecule has 0 unspecified atom stereocenters. The highest BCUT2D eigenvalue weighted by atomic mass is 32.2. The third-order valence-corrected chi connectivity index (χ3v) is 5.71. The molecule has 0 fully saturated rings. The standard InChI is InChI=1S/C19H23N3O3S/c1-3-13-22-14-15(18-5-4-11-20-19(18)22)10-12-21-26(23,24)17-8-6-16(25-2)7-9-17/h4-9,11,14,21H,3,10,12-13H2,1-2H3. The number of benzene rings is 1. The van der Waals surface area contributed by atoms with Gasteiger partial charge in [-0.3, -0.25) is 0 Å². The Labute approximate surface area is 153 Å². The Bertz CT molecular complexity index is 979. The second kappa shape index (κ2) is 7.88. The molecule has 0 atom stereocenters. The molecule has 0 aliphatic rings. The van der Waals surface area contributed by atoms with E-state index in [0.29, 0.717) is 18.7 Å². The molecule has 0 radical (unpaired) electrons. The topological polar surface area (TPSA) is 73.2 Å². The lowest BCUT2D eigenvalue weighted by Gasteiger charge is -2.07. The number of sulfonamides is 1. The molecule has 0 saturated carbocycles. The van der Waals surface area contributed by atoms with Crippen LogP contribution in [0.1, 0.15) is 18.9 Å². The van der Waals surface area contributed by atoms with Gasteiger partial charge in [0, 0.05) is 30.9 Å². The maximum Gasteiger partial charge on any atom is 0.240 e. The number of nitrogens with zero attached hydrogens (tertiary/aromatic N) is 2. The average Bonchev–Trinajstić information content (AvgIpc) is 3.00. The van der Waals surface area contributed by atoms with E-state index in [2.05, 4.69) is 27.4 Å². The van der Waals surface area contributed by atoms with E-state index < -0.39 is 10.0 Å². The fourth-order valence-corrected chi connectivity index (χ4v) is 4.00.